The van der Waals surface area contributed by atoms with Gasteiger partial charge >= 0.3 is 0 Å². The first-order valence-electron chi connectivity index (χ1n) is 10.2. The Morgan fingerprint density at radius 1 is 0.962 bits per heavy atom. The van der Waals surface area contributed by atoms with Gasteiger partial charge in [-0.1, -0.05) is 0 Å². The smallest absolute Gasteiger partial charge is 0.222 e. The number of H-pyrrole nitrogens is 2. The van der Waals surface area contributed by atoms with E-state index in [-0.39, 0.29) is 5.91 Å². The van der Waals surface area contributed by atoms with E-state index in [0.717, 1.165) is 50.9 Å². The van der Waals surface area contributed by atoms with Crippen LogP contribution in [0.3, 0.4) is 0 Å². The van der Waals surface area contributed by atoms with E-state index in [0.29, 0.717) is 12.3 Å². The molecule has 5 rings (SSSR count). The third-order valence-corrected chi connectivity index (χ3v) is 6.28. The number of amides is 1. The van der Waals surface area contributed by atoms with E-state index in [2.05, 4.69) is 20.4 Å². The molecule has 6 nitrogen and oxygen atoms in total. The van der Waals surface area contributed by atoms with E-state index in [1.807, 2.05) is 4.90 Å². The van der Waals surface area contributed by atoms with Crippen molar-refractivity contribution in [2.24, 2.45) is 0 Å². The van der Waals surface area contributed by atoms with Crippen LogP contribution in [0.1, 0.15) is 71.9 Å². The first-order valence-corrected chi connectivity index (χ1v) is 10.2. The number of carbonyl (C=O) groups excluding carboxylic acids is 1. The summed E-state index contributed by atoms with van der Waals surface area (Å²) in [5.74, 6) is 0.937. The zero-order chi connectivity index (χ0) is 17.5. The molecule has 1 saturated carbocycles. The van der Waals surface area contributed by atoms with Gasteiger partial charge in [0.05, 0.1) is 11.4 Å². The van der Waals surface area contributed by atoms with Crippen molar-refractivity contribution in [3.63, 3.8) is 0 Å². The Morgan fingerprint density at radius 3 is 2.62 bits per heavy atom. The first-order chi connectivity index (χ1) is 12.8. The highest BCUT2D eigenvalue weighted by molar-refractivity contribution is 5.76. The second-order valence-corrected chi connectivity index (χ2v) is 8.06. The second-order valence-electron chi connectivity index (χ2n) is 8.06. The van der Waals surface area contributed by atoms with E-state index in [1.54, 1.807) is 0 Å². The minimum atomic E-state index is 0.267. The highest BCUT2D eigenvalue weighted by Crippen LogP contribution is 2.41. The lowest BCUT2D eigenvalue weighted by Crippen LogP contribution is -2.33. The number of nitrogens with one attached hydrogen (secondary N) is 2. The second kappa shape index (κ2) is 6.56. The molecule has 0 bridgehead atoms. The van der Waals surface area contributed by atoms with Crippen LogP contribution in [0.4, 0.5) is 0 Å². The number of hydrogen-bond donors (Lipinski definition) is 2. The van der Waals surface area contributed by atoms with E-state index < -0.39 is 0 Å². The van der Waals surface area contributed by atoms with Gasteiger partial charge in [0.1, 0.15) is 0 Å². The van der Waals surface area contributed by atoms with Crippen LogP contribution < -0.4 is 0 Å². The van der Waals surface area contributed by atoms with Crippen molar-refractivity contribution in [1.29, 1.82) is 0 Å². The summed E-state index contributed by atoms with van der Waals surface area (Å²) < 4.78 is 0. The number of fused-ring (bicyclic) bond motifs is 2. The van der Waals surface area contributed by atoms with E-state index in [9.17, 15) is 4.79 Å². The van der Waals surface area contributed by atoms with Gasteiger partial charge in [-0.15, -0.1) is 0 Å². The van der Waals surface area contributed by atoms with Gasteiger partial charge in [0, 0.05) is 49.7 Å². The van der Waals surface area contributed by atoms with Crippen molar-refractivity contribution in [2.75, 3.05) is 13.1 Å². The largest absolute Gasteiger partial charge is 0.342 e. The molecule has 26 heavy (non-hydrogen) atoms. The molecule has 1 aliphatic heterocycles. The van der Waals surface area contributed by atoms with Crippen LogP contribution in [0.15, 0.2) is 0 Å². The maximum Gasteiger partial charge on any atom is 0.222 e. The van der Waals surface area contributed by atoms with E-state index in [4.69, 9.17) is 0 Å². The maximum atomic E-state index is 12.8. The van der Waals surface area contributed by atoms with Crippen molar-refractivity contribution in [3.8, 4) is 0 Å². The molecule has 0 atom stereocenters. The fourth-order valence-electron chi connectivity index (χ4n) is 4.59. The number of hydrogen-bond acceptors (Lipinski definition) is 3. The summed E-state index contributed by atoms with van der Waals surface area (Å²) in [7, 11) is 0. The molecule has 3 aliphatic rings. The quantitative estimate of drug-likeness (QED) is 0.886. The zero-order valence-corrected chi connectivity index (χ0v) is 15.3. The predicted molar refractivity (Wildman–Crippen MR) is 98.1 cm³/mol. The maximum absolute atomic E-state index is 12.8. The molecule has 0 unspecified atom stereocenters. The van der Waals surface area contributed by atoms with Gasteiger partial charge in [-0.2, -0.15) is 10.2 Å². The lowest BCUT2D eigenvalue weighted by molar-refractivity contribution is -0.131. The molecule has 3 heterocycles. The number of aryl methyl sites for hydroxylation is 2. The Bertz CT molecular complexity index is 816. The minimum absolute atomic E-state index is 0.267. The highest BCUT2D eigenvalue weighted by atomic mass is 16.2. The van der Waals surface area contributed by atoms with Crippen LogP contribution in [-0.4, -0.2) is 44.3 Å². The van der Waals surface area contributed by atoms with Gasteiger partial charge in [0.25, 0.3) is 0 Å². The van der Waals surface area contributed by atoms with Crippen molar-refractivity contribution in [2.45, 2.75) is 70.1 Å². The van der Waals surface area contributed by atoms with Crippen molar-refractivity contribution >= 4 is 5.91 Å². The average Bonchev–Trinajstić information content (AvgIpc) is 3.37. The van der Waals surface area contributed by atoms with Gasteiger partial charge in [-0.3, -0.25) is 15.0 Å². The van der Waals surface area contributed by atoms with Gasteiger partial charge in [-0.25, -0.2) is 0 Å². The van der Waals surface area contributed by atoms with Crippen LogP contribution >= 0.6 is 0 Å². The van der Waals surface area contributed by atoms with Gasteiger partial charge in [0.2, 0.25) is 5.91 Å². The molecule has 0 radical (unpaired) electrons. The van der Waals surface area contributed by atoms with Crippen LogP contribution in [0, 0.1) is 0 Å². The molecule has 0 saturated heterocycles. The SMILES string of the molecule is O=C(CCc1n[nH]c2c1CCCC2)N1CCc2[nH]nc(C3CC3)c2CC1. The number of carbonyl (C=O) groups is 1. The molecule has 1 fully saturated rings. The molecular formula is C20H27N5O. The fraction of sp³-hybridized carbons (Fsp3) is 0.650. The Kier molecular flexibility index (Phi) is 4.06. The summed E-state index contributed by atoms with van der Waals surface area (Å²) in [4.78, 5) is 14.8. The standard InChI is InChI=1S/C20H27N5O/c26-19(8-7-17-14-3-1-2-4-16(14)21-22-17)25-11-9-15-18(10-12-25)23-24-20(15)13-5-6-13/h13H,1-12H2,(H,21,22)(H,23,24). The van der Waals surface area contributed by atoms with Gasteiger partial charge < -0.3 is 4.90 Å². The predicted octanol–water partition coefficient (Wildman–Crippen LogP) is 2.45. The van der Waals surface area contributed by atoms with Gasteiger partial charge in [0.15, 0.2) is 0 Å². The molecule has 6 heteroatoms. The molecule has 2 aliphatic carbocycles. The Morgan fingerprint density at radius 2 is 1.73 bits per heavy atom. The number of aromatic nitrogens is 4. The molecule has 1 amide bonds. The van der Waals surface area contributed by atoms with Crippen LogP contribution in [0.5, 0.6) is 0 Å². The summed E-state index contributed by atoms with van der Waals surface area (Å²) in [6, 6.07) is 0. The fourth-order valence-corrected chi connectivity index (χ4v) is 4.59. The molecule has 2 aromatic heterocycles. The Hall–Kier alpha value is -2.11. The minimum Gasteiger partial charge on any atom is -0.342 e. The van der Waals surface area contributed by atoms with Crippen LogP contribution in [0.25, 0.3) is 0 Å². The van der Waals surface area contributed by atoms with Crippen molar-refractivity contribution < 1.29 is 4.79 Å². The first kappa shape index (κ1) is 16.1. The van der Waals surface area contributed by atoms with Gasteiger partial charge in [-0.05, 0) is 56.1 Å². The Labute approximate surface area is 153 Å². The summed E-state index contributed by atoms with van der Waals surface area (Å²) >= 11 is 0. The summed E-state index contributed by atoms with van der Waals surface area (Å²) in [5, 5.41) is 15.4. The Balaban J connectivity index is 1.21. The zero-order valence-electron chi connectivity index (χ0n) is 15.3. The third-order valence-electron chi connectivity index (χ3n) is 6.28. The average molecular weight is 353 g/mol. The highest BCUT2D eigenvalue weighted by Gasteiger charge is 2.31. The lowest BCUT2D eigenvalue weighted by Gasteiger charge is -2.20. The summed E-state index contributed by atoms with van der Waals surface area (Å²) in [6.07, 6.45) is 10.4. The van der Waals surface area contributed by atoms with E-state index >= 15 is 0 Å². The summed E-state index contributed by atoms with van der Waals surface area (Å²) in [5.41, 5.74) is 7.72. The molecule has 0 aromatic carbocycles. The van der Waals surface area contributed by atoms with Crippen molar-refractivity contribution in [1.82, 2.24) is 25.3 Å². The summed E-state index contributed by atoms with van der Waals surface area (Å²) in [6.45, 7) is 1.63. The monoisotopic (exact) mass is 353 g/mol. The lowest BCUT2D eigenvalue weighted by atomic mass is 9.94. The number of rotatable bonds is 4. The molecule has 2 N–H and O–H groups in total. The van der Waals surface area contributed by atoms with E-state index in [1.165, 1.54) is 53.9 Å². The van der Waals surface area contributed by atoms with Crippen LogP contribution in [-0.2, 0) is 36.9 Å². The number of aromatic amines is 2. The molecule has 0 spiro atoms. The molecule has 2 aromatic rings. The van der Waals surface area contributed by atoms with Crippen molar-refractivity contribution in [3.05, 3.63) is 33.9 Å². The molecular weight excluding hydrogens is 326 g/mol. The number of nitrogens with zero attached hydrogens (tertiary/aromatic N) is 3. The third kappa shape index (κ3) is 2.95. The normalized spacial score (nSPS) is 19.8. The topological polar surface area (TPSA) is 77.7 Å². The molecule has 138 valence electrons. The van der Waals surface area contributed by atoms with Crippen LogP contribution in [0.2, 0.25) is 0 Å².